The molecular formula is C10H7ClOS. The number of aldehydes is 1. The number of aryl methyl sites for hydroxylation is 1. The van der Waals surface area contributed by atoms with Crippen LogP contribution in [0.4, 0.5) is 0 Å². The molecular weight excluding hydrogens is 204 g/mol. The fourth-order valence-corrected chi connectivity index (χ4v) is 2.64. The van der Waals surface area contributed by atoms with Gasteiger partial charge in [-0.25, -0.2) is 0 Å². The quantitative estimate of drug-likeness (QED) is 0.657. The maximum atomic E-state index is 10.7. The normalized spacial score (nSPS) is 10.6. The number of hydrogen-bond acceptors (Lipinski definition) is 2. The number of thiophene rings is 1. The number of fused-ring (bicyclic) bond motifs is 1. The first kappa shape index (κ1) is 8.73. The van der Waals surface area contributed by atoms with Crippen LogP contribution in [0.3, 0.4) is 0 Å². The van der Waals surface area contributed by atoms with E-state index in [4.69, 9.17) is 11.6 Å². The minimum absolute atomic E-state index is 0.622. The van der Waals surface area contributed by atoms with Crippen LogP contribution in [0.15, 0.2) is 18.2 Å². The molecule has 0 aliphatic rings. The number of carbonyl (C=O) groups is 1. The monoisotopic (exact) mass is 210 g/mol. The second kappa shape index (κ2) is 3.13. The van der Waals surface area contributed by atoms with E-state index in [0.717, 1.165) is 16.4 Å². The van der Waals surface area contributed by atoms with Crippen molar-refractivity contribution in [1.29, 1.82) is 0 Å². The maximum absolute atomic E-state index is 10.7. The summed E-state index contributed by atoms with van der Waals surface area (Å²) in [5.74, 6) is 0. The third kappa shape index (κ3) is 1.47. The van der Waals surface area contributed by atoms with Gasteiger partial charge in [-0.05, 0) is 25.1 Å². The number of halogens is 1. The minimum atomic E-state index is 0.622. The Bertz CT molecular complexity index is 473. The van der Waals surface area contributed by atoms with Crippen molar-refractivity contribution >= 4 is 39.3 Å². The molecule has 0 spiro atoms. The first-order chi connectivity index (χ1) is 6.20. The van der Waals surface area contributed by atoms with E-state index in [1.807, 2.05) is 19.1 Å². The molecule has 1 heterocycles. The molecule has 0 bridgehead atoms. The van der Waals surface area contributed by atoms with Crippen LogP contribution in [0.25, 0.3) is 10.1 Å². The SMILES string of the molecule is Cc1cc2c(C=O)cc(Cl)cc2s1. The summed E-state index contributed by atoms with van der Waals surface area (Å²) in [4.78, 5) is 11.9. The lowest BCUT2D eigenvalue weighted by Gasteiger charge is -1.94. The van der Waals surface area contributed by atoms with Crippen molar-refractivity contribution in [2.75, 3.05) is 0 Å². The zero-order valence-electron chi connectivity index (χ0n) is 7.00. The molecule has 0 atom stereocenters. The van der Waals surface area contributed by atoms with Crippen LogP contribution < -0.4 is 0 Å². The molecule has 3 heteroatoms. The number of carbonyl (C=O) groups excluding carboxylic acids is 1. The maximum Gasteiger partial charge on any atom is 0.150 e. The molecule has 2 rings (SSSR count). The van der Waals surface area contributed by atoms with Crippen LogP contribution in [-0.4, -0.2) is 6.29 Å². The van der Waals surface area contributed by atoms with E-state index in [0.29, 0.717) is 10.6 Å². The van der Waals surface area contributed by atoms with Gasteiger partial charge in [0.2, 0.25) is 0 Å². The molecule has 1 aromatic heterocycles. The standard InChI is InChI=1S/C10H7ClOS/c1-6-2-9-7(5-12)3-8(11)4-10(9)13-6/h2-5H,1H3. The molecule has 0 amide bonds. The van der Waals surface area contributed by atoms with Crippen LogP contribution in [-0.2, 0) is 0 Å². The summed E-state index contributed by atoms with van der Waals surface area (Å²) in [6.07, 6.45) is 0.848. The first-order valence-electron chi connectivity index (χ1n) is 3.85. The molecule has 0 saturated carbocycles. The summed E-state index contributed by atoms with van der Waals surface area (Å²) in [6.45, 7) is 2.02. The summed E-state index contributed by atoms with van der Waals surface area (Å²) >= 11 is 7.51. The van der Waals surface area contributed by atoms with Crippen molar-refractivity contribution in [2.24, 2.45) is 0 Å². The molecule has 66 valence electrons. The highest BCUT2D eigenvalue weighted by Gasteiger charge is 2.05. The Balaban J connectivity index is 2.88. The van der Waals surface area contributed by atoms with Crippen LogP contribution >= 0.6 is 22.9 Å². The van der Waals surface area contributed by atoms with Gasteiger partial charge < -0.3 is 0 Å². The molecule has 2 aromatic rings. The molecule has 0 N–H and O–H groups in total. The Morgan fingerprint density at radius 2 is 2.15 bits per heavy atom. The van der Waals surface area contributed by atoms with Gasteiger partial charge in [0.05, 0.1) is 0 Å². The van der Waals surface area contributed by atoms with Crippen molar-refractivity contribution in [1.82, 2.24) is 0 Å². The lowest BCUT2D eigenvalue weighted by Crippen LogP contribution is -1.79. The third-order valence-electron chi connectivity index (χ3n) is 1.88. The van der Waals surface area contributed by atoms with Crippen molar-refractivity contribution in [2.45, 2.75) is 6.92 Å². The molecule has 0 aliphatic heterocycles. The van der Waals surface area contributed by atoms with Gasteiger partial charge in [0.25, 0.3) is 0 Å². The second-order valence-electron chi connectivity index (χ2n) is 2.88. The molecule has 0 unspecified atom stereocenters. The summed E-state index contributed by atoms with van der Waals surface area (Å²) in [7, 11) is 0. The van der Waals surface area contributed by atoms with Gasteiger partial charge in [-0.15, -0.1) is 11.3 Å². The van der Waals surface area contributed by atoms with Gasteiger partial charge in [0.1, 0.15) is 0 Å². The van der Waals surface area contributed by atoms with Gasteiger partial charge in [-0.3, -0.25) is 4.79 Å². The van der Waals surface area contributed by atoms with Gasteiger partial charge in [-0.2, -0.15) is 0 Å². The summed E-state index contributed by atoms with van der Waals surface area (Å²) < 4.78 is 1.08. The zero-order valence-corrected chi connectivity index (χ0v) is 8.58. The minimum Gasteiger partial charge on any atom is -0.298 e. The molecule has 0 radical (unpaired) electrons. The molecule has 13 heavy (non-hydrogen) atoms. The Kier molecular flexibility index (Phi) is 2.10. The highest BCUT2D eigenvalue weighted by molar-refractivity contribution is 7.19. The lowest BCUT2D eigenvalue weighted by atomic mass is 10.1. The Hall–Kier alpha value is -0.860. The van der Waals surface area contributed by atoms with Crippen molar-refractivity contribution in [3.8, 4) is 0 Å². The average molecular weight is 211 g/mol. The Morgan fingerprint density at radius 1 is 1.38 bits per heavy atom. The van der Waals surface area contributed by atoms with E-state index < -0.39 is 0 Å². The largest absolute Gasteiger partial charge is 0.298 e. The molecule has 1 aromatic carbocycles. The number of benzene rings is 1. The van der Waals surface area contributed by atoms with E-state index in [9.17, 15) is 4.79 Å². The number of rotatable bonds is 1. The first-order valence-corrected chi connectivity index (χ1v) is 5.05. The van der Waals surface area contributed by atoms with E-state index in [1.165, 1.54) is 4.88 Å². The summed E-state index contributed by atoms with van der Waals surface area (Å²) in [5, 5.41) is 1.62. The fraction of sp³-hybridized carbons (Fsp3) is 0.100. The van der Waals surface area contributed by atoms with E-state index in [1.54, 1.807) is 17.4 Å². The topological polar surface area (TPSA) is 17.1 Å². The zero-order chi connectivity index (χ0) is 9.42. The Labute approximate surface area is 84.9 Å². The van der Waals surface area contributed by atoms with Crippen LogP contribution in [0.1, 0.15) is 15.2 Å². The van der Waals surface area contributed by atoms with E-state index in [-0.39, 0.29) is 0 Å². The predicted octanol–water partition coefficient (Wildman–Crippen LogP) is 3.68. The van der Waals surface area contributed by atoms with Gasteiger partial charge >= 0.3 is 0 Å². The molecule has 0 fully saturated rings. The van der Waals surface area contributed by atoms with Gasteiger partial charge in [0.15, 0.2) is 6.29 Å². The van der Waals surface area contributed by atoms with Crippen LogP contribution in [0.2, 0.25) is 5.02 Å². The van der Waals surface area contributed by atoms with E-state index in [2.05, 4.69) is 0 Å². The molecule has 0 saturated heterocycles. The Morgan fingerprint density at radius 3 is 2.85 bits per heavy atom. The third-order valence-corrected chi connectivity index (χ3v) is 3.10. The lowest BCUT2D eigenvalue weighted by molar-refractivity contribution is 0.112. The average Bonchev–Trinajstić information content (AvgIpc) is 2.43. The van der Waals surface area contributed by atoms with Crippen molar-refractivity contribution in [3.05, 3.63) is 33.7 Å². The predicted molar refractivity (Wildman–Crippen MR) is 57.0 cm³/mol. The smallest absolute Gasteiger partial charge is 0.150 e. The molecule has 0 aliphatic carbocycles. The summed E-state index contributed by atoms with van der Waals surface area (Å²) in [6, 6.07) is 5.60. The van der Waals surface area contributed by atoms with E-state index >= 15 is 0 Å². The second-order valence-corrected chi connectivity index (χ2v) is 4.61. The highest BCUT2D eigenvalue weighted by Crippen LogP contribution is 2.30. The summed E-state index contributed by atoms with van der Waals surface area (Å²) in [5.41, 5.74) is 0.673. The van der Waals surface area contributed by atoms with Crippen LogP contribution in [0.5, 0.6) is 0 Å². The van der Waals surface area contributed by atoms with Gasteiger partial charge in [-0.1, -0.05) is 11.6 Å². The number of hydrogen-bond donors (Lipinski definition) is 0. The van der Waals surface area contributed by atoms with Crippen molar-refractivity contribution in [3.63, 3.8) is 0 Å². The van der Waals surface area contributed by atoms with Crippen molar-refractivity contribution < 1.29 is 4.79 Å². The van der Waals surface area contributed by atoms with Crippen LogP contribution in [0, 0.1) is 6.92 Å². The fourth-order valence-electron chi connectivity index (χ4n) is 1.36. The highest BCUT2D eigenvalue weighted by atomic mass is 35.5. The molecule has 1 nitrogen and oxygen atoms in total. The van der Waals surface area contributed by atoms with Gasteiger partial charge in [0, 0.05) is 25.5 Å².